The van der Waals surface area contributed by atoms with E-state index in [2.05, 4.69) is 0 Å². The molecule has 0 unspecified atom stereocenters. The molecule has 2 heterocycles. The first-order valence-electron chi connectivity index (χ1n) is 16.8. The Balaban J connectivity index is 1.57. The molecule has 5 aromatic rings. The molecule has 0 amide bonds. The number of fused-ring (bicyclic) bond motifs is 1. The van der Waals surface area contributed by atoms with Crippen molar-refractivity contribution in [2.75, 3.05) is 0 Å². The third kappa shape index (κ3) is 7.53. The van der Waals surface area contributed by atoms with Gasteiger partial charge < -0.3 is 14.4 Å². The first-order valence-corrected chi connectivity index (χ1v) is 18.3. The second kappa shape index (κ2) is 14.2. The first kappa shape index (κ1) is 41.4. The fourth-order valence-corrected chi connectivity index (χ4v) is 8.54. The molecular weight excluding hydrogens is 823 g/mol. The number of halogens is 12. The van der Waals surface area contributed by atoms with Crippen molar-refractivity contribution in [2.24, 2.45) is 0 Å². The van der Waals surface area contributed by atoms with E-state index < -0.39 is 107 Å². The smallest absolute Gasteiger partial charge is 0.338 e. The van der Waals surface area contributed by atoms with Crippen molar-refractivity contribution in [1.82, 2.24) is 0 Å². The van der Waals surface area contributed by atoms with Gasteiger partial charge in [-0.2, -0.15) is 52.7 Å². The normalized spacial score (nSPS) is 21.0. The summed E-state index contributed by atoms with van der Waals surface area (Å²) >= 11 is 0. The lowest BCUT2D eigenvalue weighted by atomic mass is 9.71. The van der Waals surface area contributed by atoms with Gasteiger partial charge in [0, 0.05) is 5.56 Å². The van der Waals surface area contributed by atoms with Crippen LogP contribution in [-0.4, -0.2) is 17.1 Å². The van der Waals surface area contributed by atoms with Gasteiger partial charge >= 0.3 is 32.5 Å². The molecule has 306 valence electrons. The van der Waals surface area contributed by atoms with Gasteiger partial charge in [0.15, 0.2) is 17.5 Å². The minimum absolute atomic E-state index is 0.213. The van der Waals surface area contributed by atoms with E-state index in [1.54, 1.807) is 6.07 Å². The van der Waals surface area contributed by atoms with E-state index in [-0.39, 0.29) is 5.56 Å². The Morgan fingerprint density at radius 3 is 0.931 bits per heavy atom. The molecule has 1 N–H and O–H groups in total. The number of phosphoric acid groups is 1. The third-order valence-electron chi connectivity index (χ3n) is 9.77. The molecule has 7 rings (SSSR count). The molecule has 0 spiro atoms. The Labute approximate surface area is 320 Å². The first-order chi connectivity index (χ1) is 26.9. The zero-order valence-electron chi connectivity index (χ0n) is 28.8. The van der Waals surface area contributed by atoms with Gasteiger partial charge in [0.25, 0.3) is 0 Å². The largest absolute Gasteiger partial charge is 0.474 e. The summed E-state index contributed by atoms with van der Waals surface area (Å²) in [5.74, 6) is 0. The molecule has 6 nitrogen and oxygen atoms in total. The maximum Gasteiger partial charge on any atom is 0.474 e. The molecule has 2 aliphatic heterocycles. The lowest BCUT2D eigenvalue weighted by molar-refractivity contribution is -0.138. The van der Waals surface area contributed by atoms with Gasteiger partial charge in [-0.05, 0) is 70.8 Å². The Morgan fingerprint density at radius 2 is 0.690 bits per heavy atom. The molecule has 58 heavy (non-hydrogen) atoms. The van der Waals surface area contributed by atoms with E-state index in [0.29, 0.717) is 48.5 Å². The molecule has 2 atom stereocenters. The molecule has 2 saturated heterocycles. The number of rotatable bonds is 5. The van der Waals surface area contributed by atoms with Crippen molar-refractivity contribution < 1.29 is 80.7 Å². The summed E-state index contributed by atoms with van der Waals surface area (Å²) < 4.78 is 205. The number of alkyl halides is 12. The van der Waals surface area contributed by atoms with Gasteiger partial charge in [-0.1, -0.05) is 78.9 Å². The van der Waals surface area contributed by atoms with Crippen molar-refractivity contribution in [3.63, 3.8) is 0 Å². The lowest BCUT2D eigenvalue weighted by Crippen LogP contribution is -2.53. The van der Waals surface area contributed by atoms with Crippen LogP contribution >= 0.6 is 7.82 Å². The lowest BCUT2D eigenvalue weighted by Gasteiger charge is -2.41. The average molecular weight is 849 g/mol. The van der Waals surface area contributed by atoms with Crippen LogP contribution in [0, 0.1) is 0 Å². The predicted molar refractivity (Wildman–Crippen MR) is 178 cm³/mol. The van der Waals surface area contributed by atoms with Crippen LogP contribution in [-0.2, 0) is 59.0 Å². The van der Waals surface area contributed by atoms with Crippen molar-refractivity contribution in [2.45, 2.75) is 54.4 Å². The summed E-state index contributed by atoms with van der Waals surface area (Å²) in [4.78, 5) is 11.7. The van der Waals surface area contributed by atoms with Crippen molar-refractivity contribution in [1.29, 1.82) is 0 Å². The van der Waals surface area contributed by atoms with Crippen LogP contribution in [0.1, 0.15) is 56.4 Å². The quantitative estimate of drug-likeness (QED) is 0.140. The number of benzene rings is 5. The fraction of sp³-hybridized carbons (Fsp3) is 0.231. The molecule has 2 fully saturated rings. The molecule has 0 saturated carbocycles. The standard InChI is InChI=1S/C39H25F12O6P/c40-36(41,42)27-14-6-23(7-15-27)34(24-8-16-28(17-9-24)37(43,44)45)31-32(55-33(54-31)22-4-2-1-3-5-22)35(57-58(52,53)56-34,25-10-18-29(19-11-25)38(46,47)48)26-12-20-30(21-13-26)39(49,50)51/h1-21,31-33H,(H,52,53)/t31-,32-/m1/s1. The number of hydrogen-bond acceptors (Lipinski definition) is 5. The second-order valence-corrected chi connectivity index (χ2v) is 14.6. The Bertz CT molecular complexity index is 2040. The van der Waals surface area contributed by atoms with Gasteiger partial charge in [0.1, 0.15) is 12.2 Å². The molecule has 0 aromatic heterocycles. The molecule has 0 aliphatic carbocycles. The van der Waals surface area contributed by atoms with Crippen LogP contribution in [0.2, 0.25) is 0 Å². The van der Waals surface area contributed by atoms with Gasteiger partial charge in [-0.3, -0.25) is 9.05 Å². The molecule has 0 bridgehead atoms. The van der Waals surface area contributed by atoms with Crippen LogP contribution in [0.3, 0.4) is 0 Å². The average Bonchev–Trinajstić information content (AvgIpc) is 3.59. The predicted octanol–water partition coefficient (Wildman–Crippen LogP) is 11.6. The highest BCUT2D eigenvalue weighted by molar-refractivity contribution is 7.47. The highest BCUT2D eigenvalue weighted by Gasteiger charge is 2.68. The highest BCUT2D eigenvalue weighted by atomic mass is 31.2. The molecule has 19 heteroatoms. The van der Waals surface area contributed by atoms with Crippen LogP contribution in [0.5, 0.6) is 0 Å². The Morgan fingerprint density at radius 1 is 0.431 bits per heavy atom. The summed E-state index contributed by atoms with van der Waals surface area (Å²) in [6.45, 7) is 0. The number of hydrogen-bond donors (Lipinski definition) is 1. The molecule has 2 aliphatic rings. The van der Waals surface area contributed by atoms with Gasteiger partial charge in [0.2, 0.25) is 0 Å². The molecule has 0 radical (unpaired) electrons. The van der Waals surface area contributed by atoms with Crippen molar-refractivity contribution >= 4 is 7.82 Å². The van der Waals surface area contributed by atoms with E-state index >= 15 is 0 Å². The zero-order valence-corrected chi connectivity index (χ0v) is 29.7. The van der Waals surface area contributed by atoms with Crippen LogP contribution in [0.4, 0.5) is 52.7 Å². The number of phosphoric ester groups is 1. The van der Waals surface area contributed by atoms with E-state index in [9.17, 15) is 62.1 Å². The van der Waals surface area contributed by atoms with Crippen molar-refractivity contribution in [3.05, 3.63) is 177 Å². The van der Waals surface area contributed by atoms with Gasteiger partial charge in [0.05, 0.1) is 22.3 Å². The maximum absolute atomic E-state index is 14.5. The molecule has 5 aromatic carbocycles. The van der Waals surface area contributed by atoms with E-state index in [1.165, 1.54) is 24.3 Å². The van der Waals surface area contributed by atoms with Gasteiger partial charge in [-0.15, -0.1) is 0 Å². The topological polar surface area (TPSA) is 74.2 Å². The van der Waals surface area contributed by atoms with Crippen LogP contribution in [0.25, 0.3) is 0 Å². The minimum Gasteiger partial charge on any atom is -0.338 e. The fourth-order valence-electron chi connectivity index (χ4n) is 7.14. The highest BCUT2D eigenvalue weighted by Crippen LogP contribution is 2.67. The number of ether oxygens (including phenoxy) is 2. The summed E-state index contributed by atoms with van der Waals surface area (Å²) in [5.41, 5.74) is -11.9. The third-order valence-corrected chi connectivity index (χ3v) is 10.8. The summed E-state index contributed by atoms with van der Waals surface area (Å²) in [6.07, 6.45) is -25.3. The maximum atomic E-state index is 14.5. The van der Waals surface area contributed by atoms with E-state index in [4.69, 9.17) is 18.5 Å². The van der Waals surface area contributed by atoms with E-state index in [1.807, 2.05) is 0 Å². The summed E-state index contributed by atoms with van der Waals surface area (Å²) in [7, 11) is -5.91. The summed E-state index contributed by atoms with van der Waals surface area (Å²) in [5, 5.41) is 0. The second-order valence-electron chi connectivity index (χ2n) is 13.3. The molecular formula is C39H25F12O6P. The van der Waals surface area contributed by atoms with Crippen molar-refractivity contribution in [3.8, 4) is 0 Å². The van der Waals surface area contributed by atoms with Gasteiger partial charge in [-0.25, -0.2) is 4.57 Å². The SMILES string of the molecule is O=P1(O)OC(c2ccc(C(F)(F)F)cc2)(c2ccc(C(F)(F)F)cc2)[C@@H]2OC(c3ccccc3)O[C@H]2C(c2ccc(C(F)(F)F)cc2)(c2ccc(C(F)(F)F)cc2)O1. The monoisotopic (exact) mass is 848 g/mol. The Kier molecular flexibility index (Phi) is 10.2. The summed E-state index contributed by atoms with van der Waals surface area (Å²) in [6, 6.07) is 18.5. The van der Waals surface area contributed by atoms with E-state index in [0.717, 1.165) is 48.5 Å². The Hall–Kier alpha value is -4.71. The van der Waals surface area contributed by atoms with Crippen LogP contribution in [0.15, 0.2) is 127 Å². The van der Waals surface area contributed by atoms with Crippen LogP contribution < -0.4 is 0 Å². The zero-order chi connectivity index (χ0) is 42.1. The minimum atomic E-state index is -5.91.